The number of anilines is 1. The van der Waals surface area contributed by atoms with Crippen molar-refractivity contribution >= 4 is 15.8 Å². The summed E-state index contributed by atoms with van der Waals surface area (Å²) < 4.78 is 33.0. The van der Waals surface area contributed by atoms with Crippen LogP contribution in [0.1, 0.15) is 49.1 Å². The van der Waals surface area contributed by atoms with E-state index in [1.165, 1.54) is 11.8 Å². The summed E-state index contributed by atoms with van der Waals surface area (Å²) in [7, 11) is -3.36. The highest BCUT2D eigenvalue weighted by atomic mass is 32.2. The Hall–Kier alpha value is -2.47. The highest BCUT2D eigenvalue weighted by molar-refractivity contribution is 7.88. The van der Waals surface area contributed by atoms with Crippen molar-refractivity contribution in [2.75, 3.05) is 24.3 Å². The third-order valence-electron chi connectivity index (χ3n) is 6.54. The molecule has 0 spiro atoms. The van der Waals surface area contributed by atoms with Crippen LogP contribution in [0.2, 0.25) is 0 Å². The average Bonchev–Trinajstić information content (AvgIpc) is 3.19. The largest absolute Gasteiger partial charge is 0.376 e. The van der Waals surface area contributed by atoms with Crippen LogP contribution in [0.4, 0.5) is 5.82 Å². The maximum Gasteiger partial charge on any atom is 0.209 e. The second-order valence-corrected chi connectivity index (χ2v) is 10.5. The molecule has 2 heterocycles. The maximum atomic E-state index is 11.9. The molecule has 170 valence electrons. The van der Waals surface area contributed by atoms with Crippen molar-refractivity contribution < 1.29 is 13.2 Å². The van der Waals surface area contributed by atoms with Gasteiger partial charge in [-0.15, -0.1) is 0 Å². The fourth-order valence-electron chi connectivity index (χ4n) is 4.97. The van der Waals surface area contributed by atoms with Crippen LogP contribution in [0.5, 0.6) is 0 Å². The van der Waals surface area contributed by atoms with Crippen LogP contribution >= 0.6 is 0 Å². The summed E-state index contributed by atoms with van der Waals surface area (Å²) in [4.78, 5) is 6.45. The molecule has 2 atom stereocenters. The van der Waals surface area contributed by atoms with Gasteiger partial charge in [0.2, 0.25) is 10.0 Å². The van der Waals surface area contributed by atoms with Gasteiger partial charge in [0.15, 0.2) is 0 Å². The summed E-state index contributed by atoms with van der Waals surface area (Å²) in [5.74, 6) is 1.17. The first-order chi connectivity index (χ1) is 15.4. The standard InChI is InChI=1S/C24H30N4O3S/c1-32(29,30)27-22-13-15-28(24-20(16-25)8-5-14-26-24)23(22)17-31-21-11-9-19(10-12-21)18-6-3-2-4-7-18/h2-8,14,19,21-23,27H,9-13,15,17H2,1H3/t19-,21+,22-,23-/m0/s1. The molecule has 0 radical (unpaired) electrons. The first kappa shape index (κ1) is 22.7. The summed E-state index contributed by atoms with van der Waals surface area (Å²) in [6, 6.07) is 15.8. The van der Waals surface area contributed by atoms with Crippen molar-refractivity contribution in [2.24, 2.45) is 0 Å². The molecule has 1 aliphatic carbocycles. The van der Waals surface area contributed by atoms with Crippen molar-refractivity contribution in [3.05, 3.63) is 59.8 Å². The molecule has 1 aromatic carbocycles. The molecule has 7 nitrogen and oxygen atoms in total. The van der Waals surface area contributed by atoms with E-state index in [0.29, 0.717) is 36.9 Å². The minimum absolute atomic E-state index is 0.162. The molecule has 0 bridgehead atoms. The Morgan fingerprint density at radius 1 is 1.12 bits per heavy atom. The zero-order chi connectivity index (χ0) is 22.6. The molecule has 2 aliphatic rings. The minimum Gasteiger partial charge on any atom is -0.376 e. The Morgan fingerprint density at radius 3 is 2.56 bits per heavy atom. The van der Waals surface area contributed by atoms with Crippen LogP contribution in [-0.2, 0) is 14.8 Å². The van der Waals surface area contributed by atoms with Crippen LogP contribution in [0.15, 0.2) is 48.7 Å². The molecule has 4 rings (SSSR count). The summed E-state index contributed by atoms with van der Waals surface area (Å²) in [6.45, 7) is 1.02. The summed E-state index contributed by atoms with van der Waals surface area (Å²) in [5.41, 5.74) is 1.88. The van der Waals surface area contributed by atoms with Crippen LogP contribution < -0.4 is 9.62 Å². The van der Waals surface area contributed by atoms with E-state index in [4.69, 9.17) is 4.74 Å². The van der Waals surface area contributed by atoms with E-state index in [0.717, 1.165) is 25.7 Å². The predicted molar refractivity (Wildman–Crippen MR) is 124 cm³/mol. The zero-order valence-electron chi connectivity index (χ0n) is 18.4. The van der Waals surface area contributed by atoms with Crippen molar-refractivity contribution in [1.29, 1.82) is 5.26 Å². The number of nitrogens with zero attached hydrogens (tertiary/aromatic N) is 3. The second kappa shape index (κ2) is 9.99. The number of aromatic nitrogens is 1. The highest BCUT2D eigenvalue weighted by Crippen LogP contribution is 2.35. The molecular weight excluding hydrogens is 424 g/mol. The topological polar surface area (TPSA) is 95.3 Å². The summed E-state index contributed by atoms with van der Waals surface area (Å²) in [6.07, 6.45) is 7.81. The molecule has 1 aromatic heterocycles. The smallest absolute Gasteiger partial charge is 0.209 e. The van der Waals surface area contributed by atoms with Crippen LogP contribution in [0.25, 0.3) is 0 Å². The van der Waals surface area contributed by atoms with Gasteiger partial charge in [-0.25, -0.2) is 18.1 Å². The summed E-state index contributed by atoms with van der Waals surface area (Å²) >= 11 is 0. The number of pyridine rings is 1. The summed E-state index contributed by atoms with van der Waals surface area (Å²) in [5, 5.41) is 9.51. The molecule has 8 heteroatoms. The minimum atomic E-state index is -3.36. The number of ether oxygens (including phenoxy) is 1. The van der Waals surface area contributed by atoms with Gasteiger partial charge in [-0.05, 0) is 55.7 Å². The zero-order valence-corrected chi connectivity index (χ0v) is 19.2. The van der Waals surface area contributed by atoms with Gasteiger partial charge in [0.25, 0.3) is 0 Å². The lowest BCUT2D eigenvalue weighted by Gasteiger charge is -2.33. The van der Waals surface area contributed by atoms with Crippen LogP contribution in [0.3, 0.4) is 0 Å². The van der Waals surface area contributed by atoms with Gasteiger partial charge in [-0.1, -0.05) is 30.3 Å². The Morgan fingerprint density at radius 2 is 1.88 bits per heavy atom. The quantitative estimate of drug-likeness (QED) is 0.690. The monoisotopic (exact) mass is 454 g/mol. The van der Waals surface area contributed by atoms with Crippen molar-refractivity contribution in [3.8, 4) is 6.07 Å². The van der Waals surface area contributed by atoms with Gasteiger partial charge >= 0.3 is 0 Å². The van der Waals surface area contributed by atoms with Gasteiger partial charge in [0, 0.05) is 18.8 Å². The van der Waals surface area contributed by atoms with E-state index in [-0.39, 0.29) is 18.2 Å². The lowest BCUT2D eigenvalue weighted by Crippen LogP contribution is -2.48. The fourth-order valence-corrected chi connectivity index (χ4v) is 5.80. The van der Waals surface area contributed by atoms with Gasteiger partial charge < -0.3 is 9.64 Å². The highest BCUT2D eigenvalue weighted by Gasteiger charge is 2.38. The van der Waals surface area contributed by atoms with E-state index in [1.54, 1.807) is 18.3 Å². The predicted octanol–water partition coefficient (Wildman–Crippen LogP) is 3.19. The maximum absolute atomic E-state index is 11.9. The lowest BCUT2D eigenvalue weighted by molar-refractivity contribution is 0.0156. The van der Waals surface area contributed by atoms with Crippen LogP contribution in [-0.4, -0.2) is 51.0 Å². The van der Waals surface area contributed by atoms with Gasteiger partial charge in [-0.2, -0.15) is 5.26 Å². The fraction of sp³-hybridized carbons (Fsp3) is 0.500. The Labute approximate surface area is 190 Å². The number of sulfonamides is 1. The molecular formula is C24H30N4O3S. The number of nitriles is 1. The van der Waals surface area contributed by atoms with Crippen LogP contribution in [0, 0.1) is 11.3 Å². The SMILES string of the molecule is CS(=O)(=O)N[C@H]1CCN(c2ncccc2C#N)[C@H]1CO[C@H]1CC[C@@H](c2ccccc2)CC1. The first-order valence-electron chi connectivity index (χ1n) is 11.2. The number of hydrogen-bond donors (Lipinski definition) is 1. The lowest BCUT2D eigenvalue weighted by atomic mass is 9.83. The molecule has 0 amide bonds. The Balaban J connectivity index is 1.43. The van der Waals surface area contributed by atoms with Crippen molar-refractivity contribution in [1.82, 2.24) is 9.71 Å². The van der Waals surface area contributed by atoms with Gasteiger partial charge in [-0.3, -0.25) is 0 Å². The second-order valence-electron chi connectivity index (χ2n) is 8.75. The molecule has 32 heavy (non-hydrogen) atoms. The van der Waals surface area contributed by atoms with Gasteiger partial charge in [0.1, 0.15) is 11.9 Å². The average molecular weight is 455 g/mol. The third kappa shape index (κ3) is 5.47. The molecule has 1 aliphatic heterocycles. The number of hydrogen-bond acceptors (Lipinski definition) is 6. The molecule has 1 saturated carbocycles. The van der Waals surface area contributed by atoms with Crippen molar-refractivity contribution in [2.45, 2.75) is 56.2 Å². The number of benzene rings is 1. The molecule has 2 fully saturated rings. The number of rotatable bonds is 7. The van der Waals surface area contributed by atoms with Gasteiger partial charge in [0.05, 0.1) is 30.6 Å². The molecule has 1 saturated heterocycles. The van der Waals surface area contributed by atoms with E-state index < -0.39 is 10.0 Å². The van der Waals surface area contributed by atoms with E-state index >= 15 is 0 Å². The molecule has 0 unspecified atom stereocenters. The first-order valence-corrected chi connectivity index (χ1v) is 13.1. The molecule has 2 aromatic rings. The number of nitrogens with one attached hydrogen (secondary N) is 1. The third-order valence-corrected chi connectivity index (χ3v) is 7.27. The Bertz CT molecular complexity index is 1050. The van der Waals surface area contributed by atoms with E-state index in [1.807, 2.05) is 11.0 Å². The Kier molecular flexibility index (Phi) is 7.09. The van der Waals surface area contributed by atoms with E-state index in [9.17, 15) is 13.7 Å². The van der Waals surface area contributed by atoms with E-state index in [2.05, 4.69) is 40.0 Å². The van der Waals surface area contributed by atoms with Crippen molar-refractivity contribution in [3.63, 3.8) is 0 Å². The normalized spacial score (nSPS) is 26.1. The molecule has 1 N–H and O–H groups in total.